The molecule has 0 radical (unpaired) electrons. The number of fused-ring (bicyclic) bond motifs is 1. The number of hydrogen-bond acceptors (Lipinski definition) is 3. The summed E-state index contributed by atoms with van der Waals surface area (Å²) in [7, 11) is 0. The molecule has 1 N–H and O–H groups in total. The van der Waals surface area contributed by atoms with Crippen molar-refractivity contribution in [3.63, 3.8) is 0 Å². The molecule has 0 unspecified atom stereocenters. The van der Waals surface area contributed by atoms with E-state index in [2.05, 4.69) is 30.4 Å². The fraction of sp³-hybridized carbons (Fsp3) is 0.125. The van der Waals surface area contributed by atoms with Gasteiger partial charge in [-0.2, -0.15) is 0 Å². The summed E-state index contributed by atoms with van der Waals surface area (Å²) in [5.74, 6) is -0.547. The molecule has 0 aliphatic carbocycles. The van der Waals surface area contributed by atoms with Gasteiger partial charge in [0.2, 0.25) is 0 Å². The van der Waals surface area contributed by atoms with Crippen molar-refractivity contribution in [2.24, 2.45) is 0 Å². The number of amides is 2. The van der Waals surface area contributed by atoms with Crippen molar-refractivity contribution in [3.05, 3.63) is 136 Å². The van der Waals surface area contributed by atoms with Crippen LogP contribution in [0.2, 0.25) is 0 Å². The van der Waals surface area contributed by atoms with Gasteiger partial charge >= 0.3 is 0 Å². The normalized spacial score (nSPS) is 13.9. The zero-order valence-electron chi connectivity index (χ0n) is 21.0. The Labute approximate surface area is 226 Å². The lowest BCUT2D eigenvalue weighted by molar-refractivity contribution is -0.114. The standard InChI is InChI=1S/C32H27FN2O2S/c1-22-5-4-6-23(19-22)17-18-34-31(36)26-13-9-24(10-14-26)20-30-32(37)35(21-25-11-15-27(33)16-12-25)28-7-2-3-8-29(28)38-30/h2-16,19-20H,17-18,21H2,1H3,(H,34,36). The molecule has 5 rings (SSSR count). The number of anilines is 1. The number of nitrogens with one attached hydrogen (secondary N) is 1. The summed E-state index contributed by atoms with van der Waals surface area (Å²) >= 11 is 1.43. The van der Waals surface area contributed by atoms with Gasteiger partial charge in [-0.3, -0.25) is 9.59 Å². The molecule has 190 valence electrons. The summed E-state index contributed by atoms with van der Waals surface area (Å²) in [6, 6.07) is 29.5. The molecule has 0 aromatic heterocycles. The highest BCUT2D eigenvalue weighted by molar-refractivity contribution is 8.04. The van der Waals surface area contributed by atoms with Crippen LogP contribution in [0.5, 0.6) is 0 Å². The second-order valence-electron chi connectivity index (χ2n) is 9.21. The number of carbonyl (C=O) groups excluding carboxylic acids is 2. The lowest BCUT2D eigenvalue weighted by Crippen LogP contribution is -2.33. The number of para-hydroxylation sites is 1. The zero-order chi connectivity index (χ0) is 26.5. The van der Waals surface area contributed by atoms with E-state index in [1.165, 1.54) is 35.0 Å². The maximum absolute atomic E-state index is 13.5. The molecule has 1 heterocycles. The molecule has 4 aromatic rings. The smallest absolute Gasteiger partial charge is 0.265 e. The van der Waals surface area contributed by atoms with E-state index in [-0.39, 0.29) is 17.6 Å². The van der Waals surface area contributed by atoms with Crippen molar-refractivity contribution in [3.8, 4) is 0 Å². The molecule has 0 bridgehead atoms. The van der Waals surface area contributed by atoms with Crippen molar-refractivity contribution in [1.82, 2.24) is 5.32 Å². The molecular formula is C32H27FN2O2S. The lowest BCUT2D eigenvalue weighted by Gasteiger charge is -2.30. The minimum Gasteiger partial charge on any atom is -0.352 e. The lowest BCUT2D eigenvalue weighted by atomic mass is 10.1. The number of halogens is 1. The Balaban J connectivity index is 1.28. The van der Waals surface area contributed by atoms with Gasteiger partial charge in [-0.15, -0.1) is 0 Å². The largest absolute Gasteiger partial charge is 0.352 e. The third kappa shape index (κ3) is 6.03. The number of rotatable bonds is 7. The molecule has 0 spiro atoms. The number of carbonyl (C=O) groups is 2. The van der Waals surface area contributed by atoms with E-state index < -0.39 is 0 Å². The molecule has 0 atom stereocenters. The summed E-state index contributed by atoms with van der Waals surface area (Å²) in [6.07, 6.45) is 2.62. The Morgan fingerprint density at radius 2 is 1.68 bits per heavy atom. The number of nitrogens with zero attached hydrogens (tertiary/aromatic N) is 1. The molecule has 6 heteroatoms. The van der Waals surface area contributed by atoms with Gasteiger partial charge < -0.3 is 10.2 Å². The van der Waals surface area contributed by atoms with Gasteiger partial charge in [0.1, 0.15) is 5.82 Å². The van der Waals surface area contributed by atoms with E-state index in [1.807, 2.05) is 48.5 Å². The van der Waals surface area contributed by atoms with Gasteiger partial charge in [-0.05, 0) is 72.5 Å². The molecule has 4 nitrogen and oxygen atoms in total. The molecule has 0 saturated carbocycles. The average molecular weight is 523 g/mol. The van der Waals surface area contributed by atoms with E-state index in [0.717, 1.165) is 28.1 Å². The van der Waals surface area contributed by atoms with E-state index in [9.17, 15) is 14.0 Å². The fourth-order valence-corrected chi connectivity index (χ4v) is 5.42. The highest BCUT2D eigenvalue weighted by atomic mass is 32.2. The van der Waals surface area contributed by atoms with Crippen LogP contribution in [-0.4, -0.2) is 18.4 Å². The fourth-order valence-electron chi connectivity index (χ4n) is 4.36. The molecule has 38 heavy (non-hydrogen) atoms. The topological polar surface area (TPSA) is 49.4 Å². The van der Waals surface area contributed by atoms with Crippen molar-refractivity contribution in [1.29, 1.82) is 0 Å². The Bertz CT molecular complexity index is 1500. The van der Waals surface area contributed by atoms with Crippen LogP contribution >= 0.6 is 11.8 Å². The van der Waals surface area contributed by atoms with Crippen LogP contribution < -0.4 is 10.2 Å². The summed E-state index contributed by atoms with van der Waals surface area (Å²) in [5, 5.41) is 2.98. The van der Waals surface area contributed by atoms with Crippen molar-refractivity contribution >= 4 is 35.3 Å². The van der Waals surface area contributed by atoms with Crippen LogP contribution in [0, 0.1) is 12.7 Å². The van der Waals surface area contributed by atoms with Gasteiger partial charge in [-0.25, -0.2) is 4.39 Å². The molecule has 0 saturated heterocycles. The second kappa shape index (κ2) is 11.5. The minimum absolute atomic E-state index is 0.115. The molecule has 4 aromatic carbocycles. The van der Waals surface area contributed by atoms with Gasteiger partial charge in [-0.1, -0.05) is 78.0 Å². The number of hydrogen-bond donors (Lipinski definition) is 1. The highest BCUT2D eigenvalue weighted by Crippen LogP contribution is 2.42. The number of thioether (sulfide) groups is 1. The Hall–Kier alpha value is -4.16. The molecule has 0 fully saturated rings. The average Bonchev–Trinajstić information content (AvgIpc) is 2.92. The van der Waals surface area contributed by atoms with E-state index >= 15 is 0 Å². The summed E-state index contributed by atoms with van der Waals surface area (Å²) in [4.78, 5) is 29.4. The van der Waals surface area contributed by atoms with E-state index in [4.69, 9.17) is 0 Å². The first-order chi connectivity index (χ1) is 18.5. The number of benzene rings is 4. The predicted molar refractivity (Wildman–Crippen MR) is 152 cm³/mol. The van der Waals surface area contributed by atoms with Crippen LogP contribution in [0.3, 0.4) is 0 Å². The monoisotopic (exact) mass is 522 g/mol. The summed E-state index contributed by atoms with van der Waals surface area (Å²) in [6.45, 7) is 2.96. The second-order valence-corrected chi connectivity index (χ2v) is 10.3. The Morgan fingerprint density at radius 1 is 0.921 bits per heavy atom. The molecule has 1 aliphatic heterocycles. The first kappa shape index (κ1) is 25.5. The van der Waals surface area contributed by atoms with Crippen molar-refractivity contribution in [2.75, 3.05) is 11.4 Å². The maximum Gasteiger partial charge on any atom is 0.265 e. The highest BCUT2D eigenvalue weighted by Gasteiger charge is 2.29. The Morgan fingerprint density at radius 3 is 2.45 bits per heavy atom. The third-order valence-electron chi connectivity index (χ3n) is 6.34. The summed E-state index contributed by atoms with van der Waals surface area (Å²) in [5.41, 5.74) is 5.48. The van der Waals surface area contributed by atoms with E-state index in [1.54, 1.807) is 29.2 Å². The molecule has 1 aliphatic rings. The van der Waals surface area contributed by atoms with Crippen LogP contribution in [0.1, 0.15) is 32.6 Å². The predicted octanol–water partition coefficient (Wildman–Crippen LogP) is 6.79. The SMILES string of the molecule is Cc1cccc(CCNC(=O)c2ccc(C=C3Sc4ccccc4N(Cc4ccc(F)cc4)C3=O)cc2)c1. The Kier molecular flexibility index (Phi) is 7.70. The van der Waals surface area contributed by atoms with Crippen molar-refractivity contribution < 1.29 is 14.0 Å². The van der Waals surface area contributed by atoms with Gasteiger partial charge in [0.15, 0.2) is 0 Å². The molecular weight excluding hydrogens is 495 g/mol. The van der Waals surface area contributed by atoms with E-state index in [0.29, 0.717) is 23.6 Å². The maximum atomic E-state index is 13.5. The van der Waals surface area contributed by atoms with Gasteiger partial charge in [0, 0.05) is 17.0 Å². The summed E-state index contributed by atoms with van der Waals surface area (Å²) < 4.78 is 13.4. The minimum atomic E-state index is -0.307. The van der Waals surface area contributed by atoms with Crippen LogP contribution in [-0.2, 0) is 17.8 Å². The first-order valence-electron chi connectivity index (χ1n) is 12.4. The zero-order valence-corrected chi connectivity index (χ0v) is 21.8. The van der Waals surface area contributed by atoms with Gasteiger partial charge in [0.25, 0.3) is 11.8 Å². The quantitative estimate of drug-likeness (QED) is 0.272. The van der Waals surface area contributed by atoms with Crippen LogP contribution in [0.25, 0.3) is 6.08 Å². The number of aryl methyl sites for hydroxylation is 1. The van der Waals surface area contributed by atoms with Crippen LogP contribution in [0.4, 0.5) is 10.1 Å². The molecule has 2 amide bonds. The van der Waals surface area contributed by atoms with Crippen LogP contribution in [0.15, 0.2) is 107 Å². The third-order valence-corrected chi connectivity index (χ3v) is 7.42. The first-order valence-corrected chi connectivity index (χ1v) is 13.3. The van der Waals surface area contributed by atoms with Gasteiger partial charge in [0.05, 0.1) is 17.1 Å². The van der Waals surface area contributed by atoms with Crippen molar-refractivity contribution in [2.45, 2.75) is 24.8 Å².